The van der Waals surface area contributed by atoms with Gasteiger partial charge in [0.15, 0.2) is 11.5 Å². The van der Waals surface area contributed by atoms with Crippen molar-refractivity contribution in [2.45, 2.75) is 25.7 Å². The SMILES string of the molecule is CC(=O)c1cccc(NS(=O)(=O)c2c(C)sc(C)c2-c2ccno2)c1. The first-order valence-electron chi connectivity index (χ1n) is 7.44. The lowest BCUT2D eigenvalue weighted by atomic mass is 10.1. The molecule has 0 aliphatic heterocycles. The van der Waals surface area contributed by atoms with Gasteiger partial charge in [-0.05, 0) is 32.9 Å². The molecule has 0 radical (unpaired) electrons. The van der Waals surface area contributed by atoms with Crippen LogP contribution < -0.4 is 4.72 Å². The van der Waals surface area contributed by atoms with E-state index in [4.69, 9.17) is 4.52 Å². The molecule has 0 aliphatic rings. The van der Waals surface area contributed by atoms with Crippen molar-refractivity contribution >= 4 is 32.8 Å². The number of sulfonamides is 1. The molecule has 0 saturated heterocycles. The van der Waals surface area contributed by atoms with E-state index in [1.807, 2.05) is 6.92 Å². The highest BCUT2D eigenvalue weighted by atomic mass is 32.2. The Kier molecular flexibility index (Phi) is 4.49. The minimum absolute atomic E-state index is 0.133. The van der Waals surface area contributed by atoms with Crippen LogP contribution in [-0.2, 0) is 10.0 Å². The van der Waals surface area contributed by atoms with E-state index in [0.29, 0.717) is 27.5 Å². The van der Waals surface area contributed by atoms with E-state index in [1.165, 1.54) is 30.5 Å². The number of nitrogens with one attached hydrogen (secondary N) is 1. The minimum atomic E-state index is -3.86. The second-order valence-electron chi connectivity index (χ2n) is 5.54. The van der Waals surface area contributed by atoms with Gasteiger partial charge in [0.2, 0.25) is 0 Å². The fourth-order valence-electron chi connectivity index (χ4n) is 2.62. The van der Waals surface area contributed by atoms with Crippen molar-refractivity contribution in [3.05, 3.63) is 51.8 Å². The van der Waals surface area contributed by atoms with E-state index >= 15 is 0 Å². The standard InChI is InChI=1S/C17H16N2O4S2/c1-10(20)13-5-4-6-14(9-13)19-25(21,22)17-12(3)24-11(2)16(17)15-7-8-18-23-15/h4-9,19H,1-3H3. The summed E-state index contributed by atoms with van der Waals surface area (Å²) in [5.41, 5.74) is 1.28. The zero-order chi connectivity index (χ0) is 18.2. The van der Waals surface area contributed by atoms with Gasteiger partial charge in [-0.3, -0.25) is 9.52 Å². The molecule has 130 valence electrons. The molecule has 2 aromatic heterocycles. The summed E-state index contributed by atoms with van der Waals surface area (Å²) in [5.74, 6) is 0.269. The topological polar surface area (TPSA) is 89.3 Å². The zero-order valence-corrected chi connectivity index (χ0v) is 15.5. The number of carbonyl (C=O) groups excluding carboxylic acids is 1. The maximum atomic E-state index is 13.0. The van der Waals surface area contributed by atoms with Crippen LogP contribution in [0, 0.1) is 13.8 Å². The second-order valence-corrected chi connectivity index (χ2v) is 8.59. The van der Waals surface area contributed by atoms with Crippen LogP contribution >= 0.6 is 11.3 Å². The third-order valence-electron chi connectivity index (χ3n) is 3.68. The van der Waals surface area contributed by atoms with Gasteiger partial charge in [-0.15, -0.1) is 11.3 Å². The Morgan fingerprint density at radius 2 is 1.96 bits per heavy atom. The van der Waals surface area contributed by atoms with Crippen molar-refractivity contribution in [2.75, 3.05) is 4.72 Å². The van der Waals surface area contributed by atoms with Crippen LogP contribution in [0.15, 0.2) is 45.9 Å². The number of anilines is 1. The molecule has 1 N–H and O–H groups in total. The average molecular weight is 376 g/mol. The number of Topliss-reactive ketones (excluding diaryl/α,β-unsaturated/α-hetero) is 1. The summed E-state index contributed by atoms with van der Waals surface area (Å²) in [7, 11) is -3.86. The summed E-state index contributed by atoms with van der Waals surface area (Å²) in [5, 5.41) is 3.66. The van der Waals surface area contributed by atoms with Gasteiger partial charge in [-0.1, -0.05) is 17.3 Å². The number of aromatic nitrogens is 1. The van der Waals surface area contributed by atoms with Crippen LogP contribution in [0.1, 0.15) is 27.0 Å². The van der Waals surface area contributed by atoms with Gasteiger partial charge < -0.3 is 4.52 Å². The fraction of sp³-hybridized carbons (Fsp3) is 0.176. The highest BCUT2D eigenvalue weighted by Gasteiger charge is 2.28. The maximum absolute atomic E-state index is 13.0. The molecule has 0 spiro atoms. The summed E-state index contributed by atoms with van der Waals surface area (Å²) in [6.45, 7) is 5.02. The summed E-state index contributed by atoms with van der Waals surface area (Å²) in [6.07, 6.45) is 1.47. The van der Waals surface area contributed by atoms with E-state index in [0.717, 1.165) is 4.88 Å². The summed E-state index contributed by atoms with van der Waals surface area (Å²) < 4.78 is 33.7. The van der Waals surface area contributed by atoms with Gasteiger partial charge in [0.25, 0.3) is 10.0 Å². The van der Waals surface area contributed by atoms with Crippen LogP contribution in [0.5, 0.6) is 0 Å². The first kappa shape index (κ1) is 17.4. The molecule has 25 heavy (non-hydrogen) atoms. The van der Waals surface area contributed by atoms with E-state index in [9.17, 15) is 13.2 Å². The lowest BCUT2D eigenvalue weighted by Gasteiger charge is -2.10. The molecule has 6 nitrogen and oxygen atoms in total. The normalized spacial score (nSPS) is 11.5. The number of nitrogens with zero attached hydrogens (tertiary/aromatic N) is 1. The fourth-order valence-corrected chi connectivity index (χ4v) is 5.54. The third-order valence-corrected chi connectivity index (χ3v) is 6.38. The Morgan fingerprint density at radius 1 is 1.20 bits per heavy atom. The van der Waals surface area contributed by atoms with Gasteiger partial charge in [0, 0.05) is 27.1 Å². The van der Waals surface area contributed by atoms with Crippen LogP contribution in [0.3, 0.4) is 0 Å². The maximum Gasteiger partial charge on any atom is 0.263 e. The Labute approximate surface area is 149 Å². The van der Waals surface area contributed by atoms with E-state index in [-0.39, 0.29) is 10.7 Å². The molecule has 0 fully saturated rings. The van der Waals surface area contributed by atoms with Crippen LogP contribution in [0.2, 0.25) is 0 Å². The quantitative estimate of drug-likeness (QED) is 0.679. The van der Waals surface area contributed by atoms with Gasteiger partial charge in [0.1, 0.15) is 4.90 Å². The van der Waals surface area contributed by atoms with Crippen molar-refractivity contribution in [1.82, 2.24) is 5.16 Å². The van der Waals surface area contributed by atoms with Crippen molar-refractivity contribution < 1.29 is 17.7 Å². The van der Waals surface area contributed by atoms with Crippen LogP contribution in [-0.4, -0.2) is 19.4 Å². The number of hydrogen-bond acceptors (Lipinski definition) is 6. The molecule has 0 amide bonds. The number of rotatable bonds is 5. The molecule has 0 saturated carbocycles. The number of benzene rings is 1. The molecule has 0 aliphatic carbocycles. The zero-order valence-electron chi connectivity index (χ0n) is 13.9. The molecule has 3 aromatic rings. The summed E-state index contributed by atoms with van der Waals surface area (Å²) in [4.78, 5) is 13.1. The lowest BCUT2D eigenvalue weighted by Crippen LogP contribution is -2.14. The molecule has 2 heterocycles. The number of thiophene rings is 1. The Hall–Kier alpha value is -2.45. The molecule has 3 rings (SSSR count). The average Bonchev–Trinajstić information content (AvgIpc) is 3.14. The van der Waals surface area contributed by atoms with E-state index in [1.54, 1.807) is 31.2 Å². The van der Waals surface area contributed by atoms with Crippen molar-refractivity contribution in [1.29, 1.82) is 0 Å². The first-order valence-corrected chi connectivity index (χ1v) is 9.74. The Balaban J connectivity index is 2.07. The molecule has 0 atom stereocenters. The van der Waals surface area contributed by atoms with Gasteiger partial charge >= 0.3 is 0 Å². The monoisotopic (exact) mass is 376 g/mol. The molecule has 1 aromatic carbocycles. The molecular formula is C17H16N2O4S2. The Morgan fingerprint density at radius 3 is 2.60 bits per heavy atom. The van der Waals surface area contributed by atoms with Crippen molar-refractivity contribution in [2.24, 2.45) is 0 Å². The predicted octanol–water partition coefficient (Wildman–Crippen LogP) is 4.02. The molecule has 8 heteroatoms. The van der Waals surface area contributed by atoms with Crippen molar-refractivity contribution in [3.63, 3.8) is 0 Å². The second kappa shape index (κ2) is 6.45. The van der Waals surface area contributed by atoms with E-state index < -0.39 is 10.0 Å². The lowest BCUT2D eigenvalue weighted by molar-refractivity contribution is 0.101. The highest BCUT2D eigenvalue weighted by Crippen LogP contribution is 2.39. The summed E-state index contributed by atoms with van der Waals surface area (Å²) in [6, 6.07) is 8.02. The summed E-state index contributed by atoms with van der Waals surface area (Å²) >= 11 is 1.38. The number of ketones is 1. The molecule has 0 unspecified atom stereocenters. The first-order chi connectivity index (χ1) is 11.8. The van der Waals surface area contributed by atoms with Crippen LogP contribution in [0.4, 0.5) is 5.69 Å². The Bertz CT molecular complexity index is 1030. The molecule has 0 bridgehead atoms. The largest absolute Gasteiger partial charge is 0.356 e. The smallest absolute Gasteiger partial charge is 0.263 e. The minimum Gasteiger partial charge on any atom is -0.356 e. The van der Waals surface area contributed by atoms with Crippen LogP contribution in [0.25, 0.3) is 11.3 Å². The van der Waals surface area contributed by atoms with Gasteiger partial charge in [-0.2, -0.15) is 0 Å². The predicted molar refractivity (Wildman–Crippen MR) is 96.5 cm³/mol. The van der Waals surface area contributed by atoms with Gasteiger partial charge in [0.05, 0.1) is 11.8 Å². The van der Waals surface area contributed by atoms with Gasteiger partial charge in [-0.25, -0.2) is 8.42 Å². The number of hydrogen-bond donors (Lipinski definition) is 1. The highest BCUT2D eigenvalue weighted by molar-refractivity contribution is 7.93. The third kappa shape index (κ3) is 3.35. The number of aryl methyl sites for hydroxylation is 2. The van der Waals surface area contributed by atoms with E-state index in [2.05, 4.69) is 9.88 Å². The molecular weight excluding hydrogens is 360 g/mol. The number of carbonyl (C=O) groups is 1. The van der Waals surface area contributed by atoms with Crippen molar-refractivity contribution in [3.8, 4) is 11.3 Å².